The zero-order valence-electron chi connectivity index (χ0n) is 10.7. The zero-order chi connectivity index (χ0) is 12.7. The van der Waals surface area contributed by atoms with Gasteiger partial charge in [0.1, 0.15) is 0 Å². The Morgan fingerprint density at radius 3 is 2.41 bits per heavy atom. The molecule has 0 spiro atoms. The van der Waals surface area contributed by atoms with Gasteiger partial charge in [-0.2, -0.15) is 0 Å². The minimum Gasteiger partial charge on any atom is -0.392 e. The van der Waals surface area contributed by atoms with Gasteiger partial charge in [0.25, 0.3) is 0 Å². The molecule has 0 amide bonds. The molecule has 0 aliphatic rings. The first-order valence-corrected chi connectivity index (χ1v) is 7.24. The lowest BCUT2D eigenvalue weighted by molar-refractivity contribution is 0.0962. The predicted octanol–water partition coefficient (Wildman–Crippen LogP) is 3.96. The molecular weight excluding hydrogens is 278 g/mol. The normalized spacial score (nSPS) is 13.0. The summed E-state index contributed by atoms with van der Waals surface area (Å²) in [5, 5.41) is 10.3. The molecule has 0 aliphatic heterocycles. The molecule has 1 heterocycles. The van der Waals surface area contributed by atoms with E-state index in [1.165, 1.54) is 0 Å². The summed E-state index contributed by atoms with van der Waals surface area (Å²) in [6, 6.07) is 2.03. The molecule has 17 heavy (non-hydrogen) atoms. The summed E-state index contributed by atoms with van der Waals surface area (Å²) >= 11 is 3.41. The summed E-state index contributed by atoms with van der Waals surface area (Å²) in [7, 11) is 0. The molecule has 1 aromatic rings. The summed E-state index contributed by atoms with van der Waals surface area (Å²) in [6.07, 6.45) is 8.56. The maximum atomic E-state index is 10.3. The van der Waals surface area contributed by atoms with Crippen molar-refractivity contribution in [3.05, 3.63) is 28.5 Å². The van der Waals surface area contributed by atoms with E-state index in [-0.39, 0.29) is 6.10 Å². The monoisotopic (exact) mass is 299 g/mol. The lowest BCUT2D eigenvalue weighted by Gasteiger charge is -2.22. The maximum absolute atomic E-state index is 10.3. The molecule has 1 N–H and O–H groups in total. The summed E-state index contributed by atoms with van der Waals surface area (Å²) < 4.78 is 0.977. The van der Waals surface area contributed by atoms with Crippen LogP contribution in [0.4, 0.5) is 0 Å². The van der Waals surface area contributed by atoms with Crippen LogP contribution in [0.3, 0.4) is 0 Å². The van der Waals surface area contributed by atoms with Gasteiger partial charge < -0.3 is 5.11 Å². The highest BCUT2D eigenvalue weighted by Gasteiger charge is 2.18. The van der Waals surface area contributed by atoms with Gasteiger partial charge in [0, 0.05) is 23.3 Å². The Morgan fingerprint density at radius 2 is 1.88 bits per heavy atom. The molecule has 96 valence electrons. The van der Waals surface area contributed by atoms with Gasteiger partial charge in [0.2, 0.25) is 0 Å². The van der Waals surface area contributed by atoms with E-state index in [1.54, 1.807) is 6.20 Å². The van der Waals surface area contributed by atoms with E-state index in [9.17, 15) is 5.11 Å². The Balaban J connectivity index is 2.59. The number of hydrogen-bond acceptors (Lipinski definition) is 2. The lowest BCUT2D eigenvalue weighted by Crippen LogP contribution is -2.23. The number of pyridine rings is 1. The summed E-state index contributed by atoms with van der Waals surface area (Å²) in [4.78, 5) is 4.13. The molecule has 3 heteroatoms. The molecule has 1 rings (SSSR count). The van der Waals surface area contributed by atoms with Crippen molar-refractivity contribution in [1.82, 2.24) is 4.98 Å². The van der Waals surface area contributed by atoms with Crippen molar-refractivity contribution in [3.63, 3.8) is 0 Å². The fourth-order valence-corrected chi connectivity index (χ4v) is 2.66. The molecule has 0 bridgehead atoms. The molecule has 0 radical (unpaired) electrons. The topological polar surface area (TPSA) is 33.1 Å². The van der Waals surface area contributed by atoms with E-state index in [0.29, 0.717) is 12.3 Å². The van der Waals surface area contributed by atoms with Crippen LogP contribution in [0, 0.1) is 5.92 Å². The standard InChI is InChI=1S/C14H22BrNO/c1-3-5-12(6-4-2)14(17)8-11-7-13(15)10-16-9-11/h7,9-10,12,14,17H,3-6,8H2,1-2H3. The van der Waals surface area contributed by atoms with Crippen LogP contribution >= 0.6 is 15.9 Å². The number of aliphatic hydroxyl groups excluding tert-OH is 1. The number of aromatic nitrogens is 1. The summed E-state index contributed by atoms with van der Waals surface area (Å²) in [5.74, 6) is 0.420. The second-order valence-corrected chi connectivity index (χ2v) is 5.54. The third-order valence-electron chi connectivity index (χ3n) is 3.07. The Bertz CT molecular complexity index is 324. The minimum atomic E-state index is -0.244. The molecule has 0 saturated heterocycles. The fraction of sp³-hybridized carbons (Fsp3) is 0.643. The first-order valence-electron chi connectivity index (χ1n) is 6.44. The second kappa shape index (κ2) is 7.83. The highest BCUT2D eigenvalue weighted by molar-refractivity contribution is 9.10. The Labute approximate surface area is 113 Å². The van der Waals surface area contributed by atoms with Crippen LogP contribution in [0.15, 0.2) is 22.9 Å². The fourth-order valence-electron chi connectivity index (χ4n) is 2.25. The lowest BCUT2D eigenvalue weighted by atomic mass is 9.89. The molecule has 1 atom stereocenters. The van der Waals surface area contributed by atoms with Crippen LogP contribution < -0.4 is 0 Å². The molecule has 0 saturated carbocycles. The largest absolute Gasteiger partial charge is 0.392 e. The van der Waals surface area contributed by atoms with Crippen LogP contribution in [0.1, 0.15) is 45.1 Å². The average molecular weight is 300 g/mol. The van der Waals surface area contributed by atoms with Gasteiger partial charge in [-0.25, -0.2) is 0 Å². The minimum absolute atomic E-state index is 0.244. The van der Waals surface area contributed by atoms with Gasteiger partial charge in [-0.1, -0.05) is 26.7 Å². The van der Waals surface area contributed by atoms with Crippen LogP contribution in [-0.2, 0) is 6.42 Å². The number of nitrogens with zero attached hydrogens (tertiary/aromatic N) is 1. The van der Waals surface area contributed by atoms with Crippen molar-refractivity contribution in [2.75, 3.05) is 0 Å². The summed E-state index contributed by atoms with van der Waals surface area (Å²) in [6.45, 7) is 4.35. The van der Waals surface area contributed by atoms with Crippen molar-refractivity contribution >= 4 is 15.9 Å². The van der Waals surface area contributed by atoms with Gasteiger partial charge in [0.05, 0.1) is 6.10 Å². The molecule has 1 unspecified atom stereocenters. The number of aliphatic hydroxyl groups is 1. The number of halogens is 1. The van der Waals surface area contributed by atoms with Crippen molar-refractivity contribution in [1.29, 1.82) is 0 Å². The van der Waals surface area contributed by atoms with Crippen LogP contribution in [0.5, 0.6) is 0 Å². The van der Waals surface area contributed by atoms with E-state index in [1.807, 2.05) is 12.3 Å². The third kappa shape index (κ3) is 5.17. The van der Waals surface area contributed by atoms with Gasteiger partial charge >= 0.3 is 0 Å². The number of hydrogen-bond donors (Lipinski definition) is 1. The first-order chi connectivity index (χ1) is 8.17. The Hall–Kier alpha value is -0.410. The first kappa shape index (κ1) is 14.7. The molecule has 0 fully saturated rings. The van der Waals surface area contributed by atoms with Gasteiger partial charge in [-0.3, -0.25) is 4.98 Å². The zero-order valence-corrected chi connectivity index (χ0v) is 12.3. The summed E-state index contributed by atoms with van der Waals surface area (Å²) in [5.41, 5.74) is 1.10. The highest BCUT2D eigenvalue weighted by Crippen LogP contribution is 2.21. The van der Waals surface area contributed by atoms with E-state index >= 15 is 0 Å². The van der Waals surface area contributed by atoms with Crippen molar-refractivity contribution in [2.45, 2.75) is 52.1 Å². The predicted molar refractivity (Wildman–Crippen MR) is 75.0 cm³/mol. The Morgan fingerprint density at radius 1 is 1.24 bits per heavy atom. The molecule has 0 aromatic carbocycles. The Kier molecular flexibility index (Phi) is 6.75. The van der Waals surface area contributed by atoms with E-state index in [0.717, 1.165) is 35.7 Å². The van der Waals surface area contributed by atoms with Crippen molar-refractivity contribution in [3.8, 4) is 0 Å². The van der Waals surface area contributed by atoms with E-state index in [2.05, 4.69) is 34.8 Å². The molecule has 0 aliphatic carbocycles. The van der Waals surface area contributed by atoms with Crippen molar-refractivity contribution < 1.29 is 5.11 Å². The van der Waals surface area contributed by atoms with Gasteiger partial charge in [-0.15, -0.1) is 0 Å². The quantitative estimate of drug-likeness (QED) is 0.826. The van der Waals surface area contributed by atoms with Gasteiger partial charge in [-0.05, 0) is 46.3 Å². The molecule has 2 nitrogen and oxygen atoms in total. The number of rotatable bonds is 7. The van der Waals surface area contributed by atoms with Crippen LogP contribution in [0.2, 0.25) is 0 Å². The molecular formula is C14H22BrNO. The van der Waals surface area contributed by atoms with E-state index < -0.39 is 0 Å². The smallest absolute Gasteiger partial charge is 0.0609 e. The third-order valence-corrected chi connectivity index (χ3v) is 3.50. The van der Waals surface area contributed by atoms with Gasteiger partial charge in [0.15, 0.2) is 0 Å². The maximum Gasteiger partial charge on any atom is 0.0609 e. The van der Waals surface area contributed by atoms with E-state index in [4.69, 9.17) is 0 Å². The molecule has 1 aromatic heterocycles. The van der Waals surface area contributed by atoms with Crippen LogP contribution in [0.25, 0.3) is 0 Å². The SMILES string of the molecule is CCCC(CCC)C(O)Cc1cncc(Br)c1. The highest BCUT2D eigenvalue weighted by atomic mass is 79.9. The van der Waals surface area contributed by atoms with Crippen molar-refractivity contribution in [2.24, 2.45) is 5.92 Å². The van der Waals surface area contributed by atoms with Crippen LogP contribution in [-0.4, -0.2) is 16.2 Å². The average Bonchev–Trinajstić information content (AvgIpc) is 2.28. The second-order valence-electron chi connectivity index (χ2n) is 4.62.